The Balaban J connectivity index is 2.42. The normalized spacial score (nSPS) is 11.4. The highest BCUT2D eigenvalue weighted by atomic mass is 19.4. The number of rotatable bonds is 7. The summed E-state index contributed by atoms with van der Waals surface area (Å²) in [5.74, 6) is -1.21. The Labute approximate surface area is 174 Å². The summed E-state index contributed by atoms with van der Waals surface area (Å²) in [6.45, 7) is 1.67. The fraction of sp³-hybridized carbons (Fsp3) is 0.200. The molecule has 2 aromatic carbocycles. The van der Waals surface area contributed by atoms with Crippen molar-refractivity contribution in [3.8, 4) is 23.3 Å². The molecule has 0 saturated heterocycles. The van der Waals surface area contributed by atoms with Crippen LogP contribution in [0, 0.1) is 21.4 Å². The topological polar surface area (TPSA) is 112 Å². The zero-order valence-corrected chi connectivity index (χ0v) is 16.2. The van der Waals surface area contributed by atoms with Crippen LogP contribution < -0.4 is 9.47 Å². The standard InChI is InChI=1S/C20H15F3N2O6/c1-3-30-19(26)13(11-24)8-12-4-6-17(18(9-12)29-2)31-16-7-5-14(20(21,22)23)10-15(16)25(27)28/h4-10H,3H2,1-2H3. The summed E-state index contributed by atoms with van der Waals surface area (Å²) >= 11 is 0. The number of hydrogen-bond acceptors (Lipinski definition) is 7. The number of halogens is 3. The van der Waals surface area contributed by atoms with E-state index in [0.29, 0.717) is 17.7 Å². The van der Waals surface area contributed by atoms with Crippen molar-refractivity contribution in [2.45, 2.75) is 13.1 Å². The number of nitro benzene ring substituents is 1. The predicted molar refractivity (Wildman–Crippen MR) is 101 cm³/mol. The van der Waals surface area contributed by atoms with Crippen molar-refractivity contribution in [1.29, 1.82) is 5.26 Å². The molecule has 2 aromatic rings. The van der Waals surface area contributed by atoms with Gasteiger partial charge in [-0.1, -0.05) is 6.07 Å². The van der Waals surface area contributed by atoms with Crippen LogP contribution in [0.15, 0.2) is 42.0 Å². The first-order valence-electron chi connectivity index (χ1n) is 8.61. The number of alkyl halides is 3. The third-order valence-corrected chi connectivity index (χ3v) is 3.82. The van der Waals surface area contributed by atoms with E-state index in [2.05, 4.69) is 0 Å². The van der Waals surface area contributed by atoms with Crippen LogP contribution in [-0.4, -0.2) is 24.6 Å². The molecule has 0 saturated carbocycles. The van der Waals surface area contributed by atoms with E-state index in [9.17, 15) is 28.1 Å². The molecule has 0 spiro atoms. The Bertz CT molecular complexity index is 1070. The third-order valence-electron chi connectivity index (χ3n) is 3.82. The Morgan fingerprint density at radius 2 is 1.87 bits per heavy atom. The van der Waals surface area contributed by atoms with E-state index in [1.807, 2.05) is 0 Å². The SMILES string of the molecule is CCOC(=O)C(C#N)=Cc1ccc(Oc2ccc(C(F)(F)F)cc2[N+](=O)[O-])c(OC)c1. The Kier molecular flexibility index (Phi) is 7.20. The van der Waals surface area contributed by atoms with Crippen LogP contribution in [0.3, 0.4) is 0 Å². The van der Waals surface area contributed by atoms with E-state index in [1.54, 1.807) is 13.0 Å². The highest BCUT2D eigenvalue weighted by Crippen LogP contribution is 2.40. The molecule has 0 heterocycles. The molecule has 0 aliphatic heterocycles. The lowest BCUT2D eigenvalue weighted by Gasteiger charge is -2.13. The fourth-order valence-corrected chi connectivity index (χ4v) is 2.41. The van der Waals surface area contributed by atoms with Gasteiger partial charge in [0.25, 0.3) is 0 Å². The van der Waals surface area contributed by atoms with E-state index in [1.165, 1.54) is 31.4 Å². The van der Waals surface area contributed by atoms with Crippen LogP contribution in [0.4, 0.5) is 18.9 Å². The highest BCUT2D eigenvalue weighted by Gasteiger charge is 2.33. The number of carbonyl (C=O) groups is 1. The van der Waals surface area contributed by atoms with Crippen molar-refractivity contribution in [2.75, 3.05) is 13.7 Å². The number of nitrogens with zero attached hydrogens (tertiary/aromatic N) is 2. The van der Waals surface area contributed by atoms with Gasteiger partial charge in [-0.3, -0.25) is 10.1 Å². The summed E-state index contributed by atoms with van der Waals surface area (Å²) in [5.41, 5.74) is -1.98. The van der Waals surface area contributed by atoms with Crippen LogP contribution in [0.25, 0.3) is 6.08 Å². The van der Waals surface area contributed by atoms with Crippen molar-refractivity contribution in [1.82, 2.24) is 0 Å². The van der Waals surface area contributed by atoms with Crippen LogP contribution in [0.1, 0.15) is 18.1 Å². The van der Waals surface area contributed by atoms with Crippen LogP contribution in [0.5, 0.6) is 17.2 Å². The molecule has 0 radical (unpaired) electrons. The smallest absolute Gasteiger partial charge is 0.416 e. The average Bonchev–Trinajstić information content (AvgIpc) is 2.72. The van der Waals surface area contributed by atoms with E-state index in [4.69, 9.17) is 19.5 Å². The average molecular weight is 436 g/mol. The Morgan fingerprint density at radius 1 is 1.19 bits per heavy atom. The third kappa shape index (κ3) is 5.72. The minimum Gasteiger partial charge on any atom is -0.493 e. The molecule has 162 valence electrons. The molecule has 0 aromatic heterocycles. The second kappa shape index (κ2) is 9.62. The lowest BCUT2D eigenvalue weighted by molar-refractivity contribution is -0.385. The van der Waals surface area contributed by atoms with Gasteiger partial charge in [0.1, 0.15) is 11.6 Å². The molecule has 0 aliphatic carbocycles. The van der Waals surface area contributed by atoms with Gasteiger partial charge in [-0.25, -0.2) is 4.79 Å². The summed E-state index contributed by atoms with van der Waals surface area (Å²) in [5, 5.41) is 20.3. The number of nitro groups is 1. The number of nitriles is 1. The summed E-state index contributed by atoms with van der Waals surface area (Å²) in [4.78, 5) is 22.0. The first-order valence-corrected chi connectivity index (χ1v) is 8.61. The maximum absolute atomic E-state index is 12.8. The monoisotopic (exact) mass is 436 g/mol. The maximum atomic E-state index is 12.8. The molecule has 0 amide bonds. The maximum Gasteiger partial charge on any atom is 0.416 e. The summed E-state index contributed by atoms with van der Waals surface area (Å²) in [6.07, 6.45) is -3.52. The van der Waals surface area contributed by atoms with Crippen molar-refractivity contribution in [3.05, 3.63) is 63.2 Å². The van der Waals surface area contributed by atoms with Crippen LogP contribution >= 0.6 is 0 Å². The van der Waals surface area contributed by atoms with Gasteiger partial charge in [0.05, 0.1) is 24.2 Å². The van der Waals surface area contributed by atoms with Crippen LogP contribution in [-0.2, 0) is 15.7 Å². The van der Waals surface area contributed by atoms with Crippen LogP contribution in [0.2, 0.25) is 0 Å². The van der Waals surface area contributed by atoms with Crippen molar-refractivity contribution in [3.63, 3.8) is 0 Å². The van der Waals surface area contributed by atoms with Gasteiger partial charge >= 0.3 is 17.8 Å². The second-order valence-corrected chi connectivity index (χ2v) is 5.84. The van der Waals surface area contributed by atoms with Crippen molar-refractivity contribution >= 4 is 17.7 Å². The zero-order valence-electron chi connectivity index (χ0n) is 16.2. The molecule has 0 aliphatic rings. The van der Waals surface area contributed by atoms with E-state index in [0.717, 1.165) is 6.07 Å². The van der Waals surface area contributed by atoms with Gasteiger partial charge in [-0.2, -0.15) is 18.4 Å². The van der Waals surface area contributed by atoms with Gasteiger partial charge in [0.15, 0.2) is 11.5 Å². The number of methoxy groups -OCH3 is 1. The Hall–Kier alpha value is -4.07. The minimum atomic E-state index is -4.76. The molecule has 0 unspecified atom stereocenters. The lowest BCUT2D eigenvalue weighted by Crippen LogP contribution is -2.06. The quantitative estimate of drug-likeness (QED) is 0.200. The van der Waals surface area contributed by atoms with E-state index in [-0.39, 0.29) is 23.7 Å². The number of benzene rings is 2. The van der Waals surface area contributed by atoms with Gasteiger partial charge in [0.2, 0.25) is 5.75 Å². The van der Waals surface area contributed by atoms with Gasteiger partial charge < -0.3 is 14.2 Å². The Morgan fingerprint density at radius 3 is 2.42 bits per heavy atom. The number of ether oxygens (including phenoxy) is 3. The number of carbonyl (C=O) groups excluding carboxylic acids is 1. The molecule has 31 heavy (non-hydrogen) atoms. The van der Waals surface area contributed by atoms with Crippen molar-refractivity contribution in [2.24, 2.45) is 0 Å². The molecule has 0 atom stereocenters. The van der Waals surface area contributed by atoms with Crippen molar-refractivity contribution < 1.29 is 37.1 Å². The number of esters is 1. The van der Waals surface area contributed by atoms with Gasteiger partial charge in [-0.05, 0) is 42.8 Å². The lowest BCUT2D eigenvalue weighted by atomic mass is 10.1. The van der Waals surface area contributed by atoms with Gasteiger partial charge in [-0.15, -0.1) is 0 Å². The largest absolute Gasteiger partial charge is 0.493 e. The number of hydrogen-bond donors (Lipinski definition) is 0. The molecular formula is C20H15F3N2O6. The second-order valence-electron chi connectivity index (χ2n) is 5.84. The van der Waals surface area contributed by atoms with Gasteiger partial charge in [0, 0.05) is 6.07 Å². The molecule has 2 rings (SSSR count). The minimum absolute atomic E-state index is 0.0304. The first kappa shape index (κ1) is 23.2. The first-order chi connectivity index (χ1) is 14.6. The fourth-order valence-electron chi connectivity index (χ4n) is 2.41. The summed E-state index contributed by atoms with van der Waals surface area (Å²) < 4.78 is 53.9. The van der Waals surface area contributed by atoms with E-state index >= 15 is 0 Å². The molecular weight excluding hydrogens is 421 g/mol. The molecule has 8 nitrogen and oxygen atoms in total. The molecule has 0 N–H and O–H groups in total. The zero-order chi connectivity index (χ0) is 23.2. The van der Waals surface area contributed by atoms with E-state index < -0.39 is 34.1 Å². The summed E-state index contributed by atoms with van der Waals surface area (Å²) in [6, 6.07) is 7.70. The highest BCUT2D eigenvalue weighted by molar-refractivity contribution is 5.97. The summed E-state index contributed by atoms with van der Waals surface area (Å²) in [7, 11) is 1.27. The predicted octanol–water partition coefficient (Wildman–Crippen LogP) is 4.88. The molecule has 0 bridgehead atoms. The molecule has 11 heteroatoms. The molecule has 0 fully saturated rings.